The summed E-state index contributed by atoms with van der Waals surface area (Å²) in [4.78, 5) is 26.6. The van der Waals surface area contributed by atoms with Gasteiger partial charge in [0.1, 0.15) is 5.78 Å². The van der Waals surface area contributed by atoms with Crippen LogP contribution in [-0.2, 0) is 23.1 Å². The van der Waals surface area contributed by atoms with E-state index in [9.17, 15) is 9.59 Å². The number of Topliss-reactive ketones (excluding diaryl/α,β-unsaturated/α-hetero) is 1. The summed E-state index contributed by atoms with van der Waals surface area (Å²) in [6.07, 6.45) is 5.63. The monoisotopic (exact) mass is 455 g/mol. The number of hydrogen-bond acceptors (Lipinski definition) is 4. The maximum absolute atomic E-state index is 11.9. The van der Waals surface area contributed by atoms with Crippen LogP contribution in [0.2, 0.25) is 0 Å². The van der Waals surface area contributed by atoms with Gasteiger partial charge in [0.15, 0.2) is 0 Å². The van der Waals surface area contributed by atoms with Crippen LogP contribution in [0.25, 0.3) is 22.3 Å². The lowest BCUT2D eigenvalue weighted by atomic mass is 9.70. The summed E-state index contributed by atoms with van der Waals surface area (Å²) in [6.45, 7) is 3.60. The third kappa shape index (κ3) is 3.82. The summed E-state index contributed by atoms with van der Waals surface area (Å²) in [5.41, 5.74) is 12.5. The van der Waals surface area contributed by atoms with Gasteiger partial charge in [-0.3, -0.25) is 14.7 Å². The summed E-state index contributed by atoms with van der Waals surface area (Å²) >= 11 is 0. The Morgan fingerprint density at radius 2 is 1.76 bits per heavy atom. The van der Waals surface area contributed by atoms with E-state index in [-0.39, 0.29) is 5.41 Å². The van der Waals surface area contributed by atoms with E-state index in [1.165, 1.54) is 16.7 Å². The van der Waals surface area contributed by atoms with Crippen LogP contribution < -0.4 is 11.1 Å². The van der Waals surface area contributed by atoms with E-state index in [1.54, 1.807) is 13.0 Å². The number of benzene rings is 2. The van der Waals surface area contributed by atoms with Crippen LogP contribution in [0.5, 0.6) is 0 Å². The Bertz CT molecular complexity index is 1350. The van der Waals surface area contributed by atoms with Gasteiger partial charge >= 0.3 is 0 Å². The quantitative estimate of drug-likeness (QED) is 0.377. The predicted octanol–water partition coefficient (Wildman–Crippen LogP) is 3.65. The molecule has 1 aliphatic heterocycles. The maximum atomic E-state index is 11.9. The van der Waals surface area contributed by atoms with Gasteiger partial charge in [-0.25, -0.2) is 0 Å². The smallest absolute Gasteiger partial charge is 0.248 e. The molecule has 4 aromatic rings. The van der Waals surface area contributed by atoms with E-state index in [4.69, 9.17) is 5.73 Å². The van der Waals surface area contributed by atoms with E-state index < -0.39 is 5.91 Å². The number of rotatable bonds is 3. The molecule has 2 aromatic carbocycles. The minimum atomic E-state index is -0.394. The zero-order chi connectivity index (χ0) is 23.7. The first-order chi connectivity index (χ1) is 16.5. The van der Waals surface area contributed by atoms with Gasteiger partial charge in [-0.2, -0.15) is 5.10 Å². The Morgan fingerprint density at radius 1 is 1.00 bits per heavy atom. The molecule has 174 valence electrons. The van der Waals surface area contributed by atoms with E-state index in [1.807, 2.05) is 36.5 Å². The summed E-state index contributed by atoms with van der Waals surface area (Å²) < 4.78 is 0. The Kier molecular flexibility index (Phi) is 5.79. The molecular formula is C27H29N5O2. The van der Waals surface area contributed by atoms with Gasteiger partial charge in [0, 0.05) is 16.5 Å². The number of carbonyl (C=O) groups excluding carboxylic acids is 2. The molecule has 6 rings (SSSR count). The van der Waals surface area contributed by atoms with Gasteiger partial charge in [0.25, 0.3) is 0 Å². The number of nitrogens with one attached hydrogen (secondary N) is 3. The summed E-state index contributed by atoms with van der Waals surface area (Å²) in [7, 11) is 0. The first-order valence-electron chi connectivity index (χ1n) is 11.7. The number of nitrogens with zero attached hydrogens (tertiary/aromatic N) is 1. The van der Waals surface area contributed by atoms with Gasteiger partial charge in [0.05, 0.1) is 23.0 Å². The average molecular weight is 456 g/mol. The molecule has 2 aromatic heterocycles. The van der Waals surface area contributed by atoms with Crippen LogP contribution >= 0.6 is 0 Å². The van der Waals surface area contributed by atoms with Crippen molar-refractivity contribution in [3.05, 3.63) is 77.0 Å². The normalized spacial score (nSPS) is 16.1. The molecule has 3 heterocycles. The van der Waals surface area contributed by atoms with Gasteiger partial charge in [0.2, 0.25) is 5.91 Å². The average Bonchev–Trinajstić information content (AvgIpc) is 3.49. The SMILES string of the molecule is CC(=O)C1(c2ccccc2)CCNCC1.NC(=O)c1ccc2[nH]c3c(c2c1)CCc1cn[nH]c1-3. The maximum Gasteiger partial charge on any atom is 0.248 e. The molecule has 0 spiro atoms. The Labute approximate surface area is 198 Å². The highest BCUT2D eigenvalue weighted by atomic mass is 16.1. The molecule has 0 atom stereocenters. The molecule has 0 radical (unpaired) electrons. The van der Waals surface area contributed by atoms with Crippen LogP contribution in [-0.4, -0.2) is 40.0 Å². The molecule has 0 bridgehead atoms. The van der Waals surface area contributed by atoms with Crippen LogP contribution in [0.4, 0.5) is 0 Å². The molecule has 34 heavy (non-hydrogen) atoms. The number of hydrogen-bond donors (Lipinski definition) is 4. The number of carbonyl (C=O) groups is 2. The first kappa shape index (κ1) is 22.1. The number of ketones is 1. The lowest BCUT2D eigenvalue weighted by Gasteiger charge is -2.35. The minimum Gasteiger partial charge on any atom is -0.366 e. The van der Waals surface area contributed by atoms with Crippen molar-refractivity contribution in [1.82, 2.24) is 20.5 Å². The number of primary amides is 1. The number of fused-ring (bicyclic) bond motifs is 5. The number of H-pyrrole nitrogens is 2. The number of aromatic amines is 2. The molecular weight excluding hydrogens is 426 g/mol. The lowest BCUT2D eigenvalue weighted by Crippen LogP contribution is -2.44. The van der Waals surface area contributed by atoms with Crippen LogP contribution in [0.3, 0.4) is 0 Å². The molecule has 1 saturated heterocycles. The van der Waals surface area contributed by atoms with Crippen molar-refractivity contribution in [3.63, 3.8) is 0 Å². The number of piperidine rings is 1. The topological polar surface area (TPSA) is 117 Å². The van der Waals surface area contributed by atoms with E-state index in [0.29, 0.717) is 11.3 Å². The highest BCUT2D eigenvalue weighted by Gasteiger charge is 2.38. The fourth-order valence-electron chi connectivity index (χ4n) is 5.31. The Balaban J connectivity index is 0.000000146. The zero-order valence-electron chi connectivity index (χ0n) is 19.3. The molecule has 1 amide bonds. The van der Waals surface area contributed by atoms with Crippen LogP contribution in [0.15, 0.2) is 54.7 Å². The first-order valence-corrected chi connectivity index (χ1v) is 11.7. The highest BCUT2D eigenvalue weighted by molar-refractivity contribution is 6.00. The molecule has 1 fully saturated rings. The van der Waals surface area contributed by atoms with Crippen LogP contribution in [0.1, 0.15) is 46.8 Å². The Morgan fingerprint density at radius 3 is 2.47 bits per heavy atom. The van der Waals surface area contributed by atoms with E-state index in [0.717, 1.165) is 61.1 Å². The predicted molar refractivity (Wildman–Crippen MR) is 133 cm³/mol. The molecule has 7 nitrogen and oxygen atoms in total. The number of amides is 1. The van der Waals surface area contributed by atoms with Crippen molar-refractivity contribution in [2.24, 2.45) is 5.73 Å². The fourth-order valence-corrected chi connectivity index (χ4v) is 5.31. The molecule has 0 saturated carbocycles. The number of aryl methyl sites for hydroxylation is 2. The lowest BCUT2D eigenvalue weighted by molar-refractivity contribution is -0.123. The van der Waals surface area contributed by atoms with Gasteiger partial charge in [-0.05, 0) is 80.6 Å². The van der Waals surface area contributed by atoms with Crippen molar-refractivity contribution in [2.75, 3.05) is 13.1 Å². The second kappa shape index (κ2) is 8.91. The van der Waals surface area contributed by atoms with E-state index in [2.05, 4.69) is 32.6 Å². The summed E-state index contributed by atoms with van der Waals surface area (Å²) in [5, 5.41) is 11.5. The second-order valence-electron chi connectivity index (χ2n) is 9.13. The van der Waals surface area contributed by atoms with Crippen molar-refractivity contribution in [3.8, 4) is 11.4 Å². The largest absolute Gasteiger partial charge is 0.366 e. The minimum absolute atomic E-state index is 0.230. The standard InChI is InChI=1S/C14H12N4O.C13H17NO/c15-14(19)7-2-4-11-10(5-7)9-3-1-8-6-16-18-12(8)13(9)17-11;1-11(15)13(7-9-14-10-8-13)12-5-3-2-4-6-12/h2,4-6,17H,1,3H2,(H2,15,19)(H,16,18);2-6,14H,7-10H2,1H3. The molecule has 5 N–H and O–H groups in total. The van der Waals surface area contributed by atoms with Crippen molar-refractivity contribution >= 4 is 22.6 Å². The molecule has 0 unspecified atom stereocenters. The van der Waals surface area contributed by atoms with Gasteiger partial charge in [-0.1, -0.05) is 30.3 Å². The molecule has 2 aliphatic rings. The zero-order valence-corrected chi connectivity index (χ0v) is 19.3. The van der Waals surface area contributed by atoms with Gasteiger partial charge in [-0.15, -0.1) is 0 Å². The second-order valence-corrected chi connectivity index (χ2v) is 9.13. The molecule has 7 heteroatoms. The van der Waals surface area contributed by atoms with Crippen molar-refractivity contribution in [1.29, 1.82) is 0 Å². The van der Waals surface area contributed by atoms with E-state index >= 15 is 0 Å². The highest BCUT2D eigenvalue weighted by Crippen LogP contribution is 2.36. The van der Waals surface area contributed by atoms with Crippen molar-refractivity contribution < 1.29 is 9.59 Å². The van der Waals surface area contributed by atoms with Crippen LogP contribution in [0, 0.1) is 0 Å². The number of nitrogens with two attached hydrogens (primary N) is 1. The summed E-state index contributed by atoms with van der Waals surface area (Å²) in [5.74, 6) is -0.0925. The number of aromatic nitrogens is 3. The third-order valence-electron chi connectivity index (χ3n) is 7.26. The van der Waals surface area contributed by atoms with Crippen molar-refractivity contribution in [2.45, 2.75) is 38.0 Å². The Hall–Kier alpha value is -3.71. The fraction of sp³-hybridized carbons (Fsp3) is 0.296. The molecule has 1 aliphatic carbocycles. The summed E-state index contributed by atoms with van der Waals surface area (Å²) in [6, 6.07) is 15.7. The van der Waals surface area contributed by atoms with Gasteiger partial charge < -0.3 is 16.0 Å². The third-order valence-corrected chi connectivity index (χ3v) is 7.26.